The molecule has 4 nitrogen and oxygen atoms in total. The second kappa shape index (κ2) is 5.94. The maximum atomic E-state index is 14.0. The van der Waals surface area contributed by atoms with Gasteiger partial charge < -0.3 is 0 Å². The minimum atomic E-state index is -1.80. The number of hydrogen-bond acceptors (Lipinski definition) is 3. The van der Waals surface area contributed by atoms with Crippen LogP contribution in [0.4, 0.5) is 17.6 Å². The molecule has 0 unspecified atom stereocenters. The summed E-state index contributed by atoms with van der Waals surface area (Å²) in [5.41, 5.74) is -1.71. The predicted molar refractivity (Wildman–Crippen MR) is 76.4 cm³/mol. The fourth-order valence-electron chi connectivity index (χ4n) is 2.05. The summed E-state index contributed by atoms with van der Waals surface area (Å²) in [4.78, 5) is 0. The van der Waals surface area contributed by atoms with E-state index in [4.69, 9.17) is 16.9 Å². The van der Waals surface area contributed by atoms with Gasteiger partial charge in [-0.3, -0.25) is 0 Å². The number of nitrogens with zero attached hydrogens (tertiary/aromatic N) is 4. The molecule has 1 aromatic heterocycles. The van der Waals surface area contributed by atoms with Crippen molar-refractivity contribution in [2.75, 3.05) is 0 Å². The Hall–Kier alpha value is -2.92. The van der Waals surface area contributed by atoms with Crippen molar-refractivity contribution >= 4 is 11.6 Å². The standard InChI is InChI=1S/C15H5ClF4N4/c16-8-3-1-7(2-4-8)10-6-24(23-22-10)15-13(19)11(17)9(5-21)12(18)14(15)20/h1-4,6H. The first-order valence-electron chi connectivity index (χ1n) is 6.38. The molecule has 0 spiro atoms. The molecule has 3 rings (SSSR count). The van der Waals surface area contributed by atoms with Crippen molar-refractivity contribution in [1.82, 2.24) is 15.0 Å². The topological polar surface area (TPSA) is 54.5 Å². The second-order valence-electron chi connectivity index (χ2n) is 4.65. The van der Waals surface area contributed by atoms with E-state index in [-0.39, 0.29) is 5.69 Å². The molecule has 0 radical (unpaired) electrons. The molecule has 0 fully saturated rings. The highest BCUT2D eigenvalue weighted by molar-refractivity contribution is 6.30. The molecule has 0 atom stereocenters. The third-order valence-corrected chi connectivity index (χ3v) is 3.47. The molecular weight excluding hydrogens is 348 g/mol. The minimum absolute atomic E-state index is 0.204. The highest BCUT2D eigenvalue weighted by Crippen LogP contribution is 2.27. The maximum absolute atomic E-state index is 14.0. The largest absolute Gasteiger partial charge is 0.214 e. The van der Waals surface area contributed by atoms with E-state index in [0.717, 1.165) is 12.3 Å². The zero-order valence-electron chi connectivity index (χ0n) is 11.6. The summed E-state index contributed by atoms with van der Waals surface area (Å²) in [6, 6.07) is 7.38. The van der Waals surface area contributed by atoms with Gasteiger partial charge in [-0.2, -0.15) is 5.26 Å². The lowest BCUT2D eigenvalue weighted by Crippen LogP contribution is -2.10. The highest BCUT2D eigenvalue weighted by Gasteiger charge is 2.27. The van der Waals surface area contributed by atoms with Crippen LogP contribution >= 0.6 is 11.6 Å². The van der Waals surface area contributed by atoms with E-state index < -0.39 is 34.5 Å². The quantitative estimate of drug-likeness (QED) is 0.517. The van der Waals surface area contributed by atoms with Crippen molar-refractivity contribution in [3.8, 4) is 23.0 Å². The molecule has 0 aliphatic rings. The summed E-state index contributed by atoms with van der Waals surface area (Å²) in [5.74, 6) is -7.07. The molecule has 24 heavy (non-hydrogen) atoms. The summed E-state index contributed by atoms with van der Waals surface area (Å²) >= 11 is 5.76. The summed E-state index contributed by atoms with van der Waals surface area (Å²) in [6.07, 6.45) is 1.09. The number of benzene rings is 2. The number of nitriles is 1. The maximum Gasteiger partial charge on any atom is 0.189 e. The van der Waals surface area contributed by atoms with E-state index >= 15 is 0 Å². The molecule has 0 aliphatic carbocycles. The number of halogens is 5. The van der Waals surface area contributed by atoms with Crippen LogP contribution in [0.15, 0.2) is 30.5 Å². The first-order valence-corrected chi connectivity index (χ1v) is 6.76. The van der Waals surface area contributed by atoms with Crippen molar-refractivity contribution in [1.29, 1.82) is 5.26 Å². The molecule has 2 aromatic carbocycles. The van der Waals surface area contributed by atoms with Crippen molar-refractivity contribution in [3.63, 3.8) is 0 Å². The lowest BCUT2D eigenvalue weighted by Gasteiger charge is -2.07. The van der Waals surface area contributed by atoms with Crippen LogP contribution in [0.5, 0.6) is 0 Å². The smallest absolute Gasteiger partial charge is 0.189 e. The lowest BCUT2D eigenvalue weighted by molar-refractivity contribution is 0.439. The van der Waals surface area contributed by atoms with Gasteiger partial charge in [-0.15, -0.1) is 5.10 Å². The fourth-order valence-corrected chi connectivity index (χ4v) is 2.17. The Bertz CT molecular complexity index is 947. The monoisotopic (exact) mass is 352 g/mol. The molecule has 0 saturated heterocycles. The molecule has 0 aliphatic heterocycles. The number of aromatic nitrogens is 3. The fraction of sp³-hybridized carbons (Fsp3) is 0. The van der Waals surface area contributed by atoms with Gasteiger partial charge in [0.05, 0.1) is 6.20 Å². The van der Waals surface area contributed by atoms with Gasteiger partial charge in [0.25, 0.3) is 0 Å². The van der Waals surface area contributed by atoms with Crippen LogP contribution in [-0.4, -0.2) is 15.0 Å². The van der Waals surface area contributed by atoms with Gasteiger partial charge in [0.15, 0.2) is 23.3 Å². The van der Waals surface area contributed by atoms with Crippen LogP contribution in [0, 0.1) is 34.6 Å². The van der Waals surface area contributed by atoms with Gasteiger partial charge in [0, 0.05) is 10.6 Å². The average Bonchev–Trinajstić information content (AvgIpc) is 3.04. The summed E-state index contributed by atoms with van der Waals surface area (Å²) in [7, 11) is 0. The first kappa shape index (κ1) is 16.0. The normalized spacial score (nSPS) is 10.7. The van der Waals surface area contributed by atoms with E-state index in [9.17, 15) is 17.6 Å². The molecule has 0 bridgehead atoms. The minimum Gasteiger partial charge on any atom is -0.214 e. The Morgan fingerprint density at radius 3 is 2.08 bits per heavy atom. The van der Waals surface area contributed by atoms with Crippen LogP contribution in [0.1, 0.15) is 5.56 Å². The summed E-state index contributed by atoms with van der Waals surface area (Å²) in [6.45, 7) is 0. The molecular formula is C15H5ClF4N4. The van der Waals surface area contributed by atoms with Crippen LogP contribution in [-0.2, 0) is 0 Å². The van der Waals surface area contributed by atoms with Gasteiger partial charge in [-0.1, -0.05) is 28.9 Å². The van der Waals surface area contributed by atoms with Crippen LogP contribution in [0.2, 0.25) is 5.02 Å². The number of hydrogen-bond donors (Lipinski definition) is 0. The van der Waals surface area contributed by atoms with E-state index in [1.807, 2.05) is 0 Å². The lowest BCUT2D eigenvalue weighted by atomic mass is 10.1. The first-order chi connectivity index (χ1) is 11.4. The Balaban J connectivity index is 2.15. The van der Waals surface area contributed by atoms with E-state index in [0.29, 0.717) is 15.3 Å². The van der Waals surface area contributed by atoms with Gasteiger partial charge >= 0.3 is 0 Å². The van der Waals surface area contributed by atoms with E-state index in [1.165, 1.54) is 0 Å². The Morgan fingerprint density at radius 1 is 0.958 bits per heavy atom. The Labute approximate surface area is 137 Å². The van der Waals surface area contributed by atoms with Crippen molar-refractivity contribution in [3.05, 3.63) is 64.3 Å². The van der Waals surface area contributed by atoms with Crippen LogP contribution < -0.4 is 0 Å². The zero-order chi connectivity index (χ0) is 17.4. The van der Waals surface area contributed by atoms with Crippen molar-refractivity contribution in [2.45, 2.75) is 0 Å². The van der Waals surface area contributed by atoms with Crippen molar-refractivity contribution in [2.24, 2.45) is 0 Å². The molecule has 0 N–H and O–H groups in total. The molecule has 1 heterocycles. The van der Waals surface area contributed by atoms with Crippen LogP contribution in [0.25, 0.3) is 16.9 Å². The van der Waals surface area contributed by atoms with Gasteiger partial charge in [0.1, 0.15) is 23.0 Å². The van der Waals surface area contributed by atoms with E-state index in [1.54, 1.807) is 24.3 Å². The zero-order valence-corrected chi connectivity index (χ0v) is 12.3. The summed E-state index contributed by atoms with van der Waals surface area (Å²) < 4.78 is 55.9. The van der Waals surface area contributed by atoms with Gasteiger partial charge in [-0.05, 0) is 12.1 Å². The van der Waals surface area contributed by atoms with Crippen molar-refractivity contribution < 1.29 is 17.6 Å². The number of rotatable bonds is 2. The molecule has 9 heteroatoms. The second-order valence-corrected chi connectivity index (χ2v) is 5.08. The third kappa shape index (κ3) is 2.49. The SMILES string of the molecule is N#Cc1c(F)c(F)c(-n2cc(-c3ccc(Cl)cc3)nn2)c(F)c1F. The third-order valence-electron chi connectivity index (χ3n) is 3.21. The predicted octanol–water partition coefficient (Wildman–Crippen LogP) is 4.02. The Kier molecular flexibility index (Phi) is 3.95. The Morgan fingerprint density at radius 2 is 1.54 bits per heavy atom. The summed E-state index contributed by atoms with van der Waals surface area (Å²) in [5, 5.41) is 16.2. The average molecular weight is 353 g/mol. The van der Waals surface area contributed by atoms with Gasteiger partial charge in [-0.25, -0.2) is 22.2 Å². The van der Waals surface area contributed by atoms with Crippen LogP contribution in [0.3, 0.4) is 0 Å². The highest BCUT2D eigenvalue weighted by atomic mass is 35.5. The van der Waals surface area contributed by atoms with E-state index in [2.05, 4.69) is 10.3 Å². The molecule has 120 valence electrons. The van der Waals surface area contributed by atoms with Gasteiger partial charge in [0.2, 0.25) is 0 Å². The molecule has 3 aromatic rings. The molecule has 0 saturated carbocycles. The molecule has 0 amide bonds.